The summed E-state index contributed by atoms with van der Waals surface area (Å²) >= 11 is 0. The lowest BCUT2D eigenvalue weighted by Gasteiger charge is -2.14. The first-order chi connectivity index (χ1) is 5.93. The number of hydrogen-bond donors (Lipinski definition) is 0. The van der Waals surface area contributed by atoms with E-state index in [1.807, 2.05) is 6.08 Å². The summed E-state index contributed by atoms with van der Waals surface area (Å²) in [6.07, 6.45) is 11.3. The molecule has 1 heterocycles. The van der Waals surface area contributed by atoms with E-state index in [0.717, 1.165) is 19.4 Å². The van der Waals surface area contributed by atoms with Crippen molar-refractivity contribution in [3.05, 3.63) is 24.5 Å². The van der Waals surface area contributed by atoms with Crippen LogP contribution in [0.1, 0.15) is 38.5 Å². The Morgan fingerprint density at radius 2 is 2.42 bits per heavy atom. The van der Waals surface area contributed by atoms with E-state index in [4.69, 9.17) is 4.74 Å². The Hall–Kier alpha value is -0.720. The third kappa shape index (κ3) is 3.61. The highest BCUT2D eigenvalue weighted by molar-refractivity contribution is 4.95. The summed E-state index contributed by atoms with van der Waals surface area (Å²) in [6, 6.07) is 0. The van der Waals surface area contributed by atoms with Crippen molar-refractivity contribution in [3.8, 4) is 0 Å². The van der Waals surface area contributed by atoms with Crippen LogP contribution in [0.3, 0.4) is 0 Å². The Labute approximate surface area is 75.1 Å². The maximum absolute atomic E-state index is 5.49. The van der Waals surface area contributed by atoms with Crippen molar-refractivity contribution in [1.82, 2.24) is 0 Å². The molecule has 0 aromatic carbocycles. The molecule has 0 aliphatic carbocycles. The van der Waals surface area contributed by atoms with Gasteiger partial charge in [0.1, 0.15) is 0 Å². The van der Waals surface area contributed by atoms with Crippen molar-refractivity contribution in [2.45, 2.75) is 38.5 Å². The molecular weight excluding hydrogens is 148 g/mol. The summed E-state index contributed by atoms with van der Waals surface area (Å²) in [6.45, 7) is 4.62. The summed E-state index contributed by atoms with van der Waals surface area (Å²) in [5, 5.41) is 0. The predicted molar refractivity (Wildman–Crippen MR) is 51.9 cm³/mol. The van der Waals surface area contributed by atoms with Crippen LogP contribution >= 0.6 is 0 Å². The molecule has 1 nitrogen and oxygen atoms in total. The zero-order valence-electron chi connectivity index (χ0n) is 7.72. The second kappa shape index (κ2) is 5.87. The summed E-state index contributed by atoms with van der Waals surface area (Å²) in [4.78, 5) is 0. The number of rotatable bonds is 5. The molecule has 68 valence electrons. The summed E-state index contributed by atoms with van der Waals surface area (Å²) in [5.74, 6) is 1.21. The van der Waals surface area contributed by atoms with Crippen LogP contribution in [0.25, 0.3) is 0 Å². The van der Waals surface area contributed by atoms with E-state index in [-0.39, 0.29) is 0 Å². The molecule has 12 heavy (non-hydrogen) atoms. The van der Waals surface area contributed by atoms with Crippen molar-refractivity contribution < 1.29 is 4.74 Å². The topological polar surface area (TPSA) is 9.23 Å². The molecule has 0 radical (unpaired) electrons. The van der Waals surface area contributed by atoms with E-state index in [2.05, 4.69) is 12.7 Å². The Morgan fingerprint density at radius 1 is 1.50 bits per heavy atom. The second-order valence-corrected chi connectivity index (χ2v) is 3.20. The fraction of sp³-hybridized carbons (Fsp3) is 0.636. The van der Waals surface area contributed by atoms with Crippen LogP contribution in [-0.2, 0) is 4.74 Å². The van der Waals surface area contributed by atoms with E-state index < -0.39 is 0 Å². The first-order valence-electron chi connectivity index (χ1n) is 4.86. The minimum atomic E-state index is 0.924. The molecule has 0 atom stereocenters. The van der Waals surface area contributed by atoms with Crippen molar-refractivity contribution >= 4 is 0 Å². The molecule has 0 bridgehead atoms. The number of ether oxygens (including phenoxy) is 1. The van der Waals surface area contributed by atoms with Crippen LogP contribution in [0.4, 0.5) is 0 Å². The minimum absolute atomic E-state index is 0.924. The molecule has 1 aliphatic heterocycles. The largest absolute Gasteiger partial charge is 0.498 e. The van der Waals surface area contributed by atoms with E-state index in [0.29, 0.717) is 0 Å². The maximum atomic E-state index is 5.49. The maximum Gasteiger partial charge on any atom is 0.0919 e. The molecule has 0 spiro atoms. The quantitative estimate of drug-likeness (QED) is 0.449. The fourth-order valence-electron chi connectivity index (χ4n) is 1.37. The smallest absolute Gasteiger partial charge is 0.0919 e. The molecule has 0 aromatic heterocycles. The summed E-state index contributed by atoms with van der Waals surface area (Å²) in [7, 11) is 0. The van der Waals surface area contributed by atoms with Crippen LogP contribution in [0.5, 0.6) is 0 Å². The van der Waals surface area contributed by atoms with E-state index >= 15 is 0 Å². The monoisotopic (exact) mass is 166 g/mol. The first-order valence-corrected chi connectivity index (χ1v) is 4.86. The summed E-state index contributed by atoms with van der Waals surface area (Å²) in [5.41, 5.74) is 0. The molecular formula is C11H18O. The summed E-state index contributed by atoms with van der Waals surface area (Å²) < 4.78 is 5.49. The number of unbranched alkanes of at least 4 members (excludes halogenated alkanes) is 2. The van der Waals surface area contributed by atoms with E-state index in [9.17, 15) is 0 Å². The Balaban J connectivity index is 2.05. The van der Waals surface area contributed by atoms with Crippen molar-refractivity contribution in [1.29, 1.82) is 0 Å². The average Bonchev–Trinajstić information content (AvgIpc) is 2.14. The molecule has 0 fully saturated rings. The van der Waals surface area contributed by atoms with E-state index in [1.54, 1.807) is 0 Å². The SMILES string of the molecule is C=CCCCCC1=CCCCO1. The van der Waals surface area contributed by atoms with Crippen LogP contribution in [0, 0.1) is 0 Å². The average molecular weight is 166 g/mol. The third-order valence-corrected chi connectivity index (χ3v) is 2.09. The van der Waals surface area contributed by atoms with Crippen LogP contribution in [-0.4, -0.2) is 6.61 Å². The lowest BCUT2D eigenvalue weighted by molar-refractivity contribution is 0.182. The van der Waals surface area contributed by atoms with Gasteiger partial charge in [-0.3, -0.25) is 0 Å². The molecule has 1 aliphatic rings. The lowest BCUT2D eigenvalue weighted by atomic mass is 10.1. The van der Waals surface area contributed by atoms with Gasteiger partial charge >= 0.3 is 0 Å². The van der Waals surface area contributed by atoms with E-state index in [1.165, 1.54) is 31.4 Å². The highest BCUT2D eigenvalue weighted by atomic mass is 16.5. The van der Waals surface area contributed by atoms with Gasteiger partial charge in [-0.1, -0.05) is 6.08 Å². The Bertz CT molecular complexity index is 158. The van der Waals surface area contributed by atoms with Crippen molar-refractivity contribution in [2.24, 2.45) is 0 Å². The first kappa shape index (κ1) is 9.37. The van der Waals surface area contributed by atoms with Crippen LogP contribution in [0.15, 0.2) is 24.5 Å². The Kier molecular flexibility index (Phi) is 4.58. The van der Waals surface area contributed by atoms with Gasteiger partial charge in [-0.15, -0.1) is 6.58 Å². The molecule has 1 rings (SSSR count). The van der Waals surface area contributed by atoms with Gasteiger partial charge in [0.25, 0.3) is 0 Å². The zero-order chi connectivity index (χ0) is 8.65. The molecule has 0 saturated carbocycles. The lowest BCUT2D eigenvalue weighted by Crippen LogP contribution is -2.00. The molecule has 0 N–H and O–H groups in total. The number of hydrogen-bond acceptors (Lipinski definition) is 1. The molecule has 0 unspecified atom stereocenters. The van der Waals surface area contributed by atoms with Gasteiger partial charge in [0.2, 0.25) is 0 Å². The van der Waals surface area contributed by atoms with Gasteiger partial charge in [0.05, 0.1) is 12.4 Å². The van der Waals surface area contributed by atoms with Crippen LogP contribution < -0.4 is 0 Å². The van der Waals surface area contributed by atoms with Crippen molar-refractivity contribution in [2.75, 3.05) is 6.61 Å². The van der Waals surface area contributed by atoms with Gasteiger partial charge in [0.15, 0.2) is 0 Å². The molecule has 0 amide bonds. The predicted octanol–water partition coefficient (Wildman–Crippen LogP) is 3.43. The second-order valence-electron chi connectivity index (χ2n) is 3.20. The normalized spacial score (nSPS) is 16.5. The molecule has 0 saturated heterocycles. The highest BCUT2D eigenvalue weighted by Crippen LogP contribution is 2.16. The van der Waals surface area contributed by atoms with Gasteiger partial charge in [-0.2, -0.15) is 0 Å². The van der Waals surface area contributed by atoms with Gasteiger partial charge in [0, 0.05) is 6.42 Å². The van der Waals surface area contributed by atoms with Crippen LogP contribution in [0.2, 0.25) is 0 Å². The highest BCUT2D eigenvalue weighted by Gasteiger charge is 2.02. The fourth-order valence-corrected chi connectivity index (χ4v) is 1.37. The molecule has 1 heteroatoms. The van der Waals surface area contributed by atoms with Gasteiger partial charge < -0.3 is 4.74 Å². The van der Waals surface area contributed by atoms with Crippen molar-refractivity contribution in [3.63, 3.8) is 0 Å². The standard InChI is InChI=1S/C11H18O/c1-2-3-4-5-8-11-9-6-7-10-12-11/h2,9H,1,3-8,10H2. The Morgan fingerprint density at radius 3 is 3.08 bits per heavy atom. The number of allylic oxidation sites excluding steroid dienone is 3. The minimum Gasteiger partial charge on any atom is -0.498 e. The third-order valence-electron chi connectivity index (χ3n) is 2.09. The molecule has 0 aromatic rings. The van der Waals surface area contributed by atoms with Gasteiger partial charge in [-0.05, 0) is 38.2 Å². The zero-order valence-corrected chi connectivity index (χ0v) is 7.72. The van der Waals surface area contributed by atoms with Gasteiger partial charge in [-0.25, -0.2) is 0 Å².